The highest BCUT2D eigenvalue weighted by Crippen LogP contribution is 2.15. The summed E-state index contributed by atoms with van der Waals surface area (Å²) in [4.78, 5) is 16.7. The first-order chi connectivity index (χ1) is 18.0. The first-order valence-corrected chi connectivity index (χ1v) is 14.9. The second kappa shape index (κ2) is 21.8. The van der Waals surface area contributed by atoms with Gasteiger partial charge in [0.2, 0.25) is 0 Å². The smallest absolute Gasteiger partial charge is 0.260 e. The number of unbranched alkanes of at least 4 members (excludes halogenated alkanes) is 15. The molecule has 0 radical (unpaired) electrons. The molecule has 1 amide bonds. The van der Waals surface area contributed by atoms with Crippen molar-refractivity contribution in [2.24, 2.45) is 4.99 Å². The summed E-state index contributed by atoms with van der Waals surface area (Å²) in [5.41, 5.74) is 1.73. The maximum absolute atomic E-state index is 12.6. The van der Waals surface area contributed by atoms with Crippen molar-refractivity contribution < 1.29 is 9.90 Å². The van der Waals surface area contributed by atoms with Gasteiger partial charge in [0.1, 0.15) is 5.76 Å². The summed E-state index contributed by atoms with van der Waals surface area (Å²) in [5, 5.41) is 16.2. The van der Waals surface area contributed by atoms with Gasteiger partial charge in [-0.1, -0.05) is 121 Å². The number of benzene rings is 1. The van der Waals surface area contributed by atoms with Crippen LogP contribution in [0.4, 0.5) is 5.69 Å². The maximum Gasteiger partial charge on any atom is 0.260 e. The quantitative estimate of drug-likeness (QED) is 0.0518. The Hall–Kier alpha value is -2.21. The Morgan fingerprint density at radius 2 is 1.35 bits per heavy atom. The average Bonchev–Trinajstić information content (AvgIpc) is 2.87. The number of rotatable bonds is 20. The summed E-state index contributed by atoms with van der Waals surface area (Å²) >= 11 is 5.26. The zero-order valence-corrected chi connectivity index (χ0v) is 24.4. The predicted molar refractivity (Wildman–Crippen MR) is 164 cm³/mol. The Morgan fingerprint density at radius 3 is 1.84 bits per heavy atom. The van der Waals surface area contributed by atoms with Crippen LogP contribution in [0.25, 0.3) is 0 Å². The van der Waals surface area contributed by atoms with Crippen molar-refractivity contribution in [3.05, 3.63) is 41.2 Å². The molecule has 0 aromatic heterocycles. The van der Waals surface area contributed by atoms with E-state index in [1.807, 2.05) is 31.2 Å². The molecule has 0 aliphatic carbocycles. The third kappa shape index (κ3) is 17.0. The lowest BCUT2D eigenvalue weighted by Crippen LogP contribution is -2.22. The Kier molecular flexibility index (Phi) is 19.4. The summed E-state index contributed by atoms with van der Waals surface area (Å²) < 4.78 is 0. The van der Waals surface area contributed by atoms with Crippen LogP contribution in [0.15, 0.2) is 40.6 Å². The molecule has 0 saturated carbocycles. The number of hydrogen-bond donors (Lipinski definition) is 3. The van der Waals surface area contributed by atoms with Gasteiger partial charge in [-0.3, -0.25) is 4.79 Å². The first-order valence-electron chi connectivity index (χ1n) is 14.5. The molecule has 0 saturated heterocycles. The number of amides is 1. The predicted octanol–water partition coefficient (Wildman–Crippen LogP) is 8.97. The third-order valence-corrected chi connectivity index (χ3v) is 6.89. The third-order valence-electron chi connectivity index (χ3n) is 6.65. The fourth-order valence-electron chi connectivity index (χ4n) is 4.26. The van der Waals surface area contributed by atoms with Crippen molar-refractivity contribution in [2.75, 3.05) is 11.9 Å². The average molecular weight is 530 g/mol. The largest absolute Gasteiger partial charge is 0.512 e. The van der Waals surface area contributed by atoms with E-state index in [-0.39, 0.29) is 11.3 Å². The molecule has 1 aromatic carbocycles. The van der Waals surface area contributed by atoms with Crippen LogP contribution in [0.3, 0.4) is 0 Å². The molecular weight excluding hydrogens is 478 g/mol. The zero-order chi connectivity index (χ0) is 27.1. The summed E-state index contributed by atoms with van der Waals surface area (Å²) in [6.45, 7) is 6.42. The normalized spacial score (nSPS) is 12.0. The van der Waals surface area contributed by atoms with Gasteiger partial charge in [0.15, 0.2) is 5.11 Å². The van der Waals surface area contributed by atoms with Crippen LogP contribution in [-0.2, 0) is 4.79 Å². The van der Waals surface area contributed by atoms with Crippen molar-refractivity contribution in [2.45, 2.75) is 124 Å². The molecule has 0 aliphatic rings. The number of nitrogens with zero attached hydrogens (tertiary/aromatic N) is 1. The van der Waals surface area contributed by atoms with E-state index >= 15 is 0 Å². The van der Waals surface area contributed by atoms with Gasteiger partial charge in [0, 0.05) is 18.4 Å². The van der Waals surface area contributed by atoms with Gasteiger partial charge in [-0.25, -0.2) is 4.99 Å². The first kappa shape index (κ1) is 32.8. The topological polar surface area (TPSA) is 73.7 Å². The van der Waals surface area contributed by atoms with E-state index in [0.29, 0.717) is 10.8 Å². The highest BCUT2D eigenvalue weighted by Gasteiger charge is 2.12. The molecule has 6 heteroatoms. The molecule has 0 heterocycles. The molecule has 0 bridgehead atoms. The number of thiocarbonyl (C=S) groups is 1. The van der Waals surface area contributed by atoms with Gasteiger partial charge in [-0.05, 0) is 44.1 Å². The molecular formula is C31H51N3O2S. The van der Waals surface area contributed by atoms with Crippen molar-refractivity contribution in [3.63, 3.8) is 0 Å². The van der Waals surface area contributed by atoms with Gasteiger partial charge in [-0.15, -0.1) is 0 Å². The minimum absolute atomic E-state index is 0.0924. The number of aliphatic imine (C=N–C) groups is 1. The molecule has 0 unspecified atom stereocenters. The summed E-state index contributed by atoms with van der Waals surface area (Å²) in [6, 6.07) is 7.49. The van der Waals surface area contributed by atoms with Crippen LogP contribution in [0.1, 0.15) is 122 Å². The fraction of sp³-hybridized carbons (Fsp3) is 0.645. The zero-order valence-electron chi connectivity index (χ0n) is 23.6. The van der Waals surface area contributed by atoms with Gasteiger partial charge in [0.05, 0.1) is 5.57 Å². The Bertz CT molecular complexity index is 831. The van der Waals surface area contributed by atoms with Crippen molar-refractivity contribution in [3.8, 4) is 0 Å². The minimum Gasteiger partial charge on any atom is -0.512 e. The Balaban J connectivity index is 2.06. The van der Waals surface area contributed by atoms with Crippen molar-refractivity contribution >= 4 is 35.1 Å². The summed E-state index contributed by atoms with van der Waals surface area (Å²) in [5.74, 6) is -0.519. The molecule has 0 aliphatic heterocycles. The second-order valence-electron chi connectivity index (χ2n) is 10.1. The van der Waals surface area contributed by atoms with Crippen molar-refractivity contribution in [1.29, 1.82) is 0 Å². The highest BCUT2D eigenvalue weighted by molar-refractivity contribution is 7.80. The van der Waals surface area contributed by atoms with Gasteiger partial charge < -0.3 is 15.7 Å². The van der Waals surface area contributed by atoms with Crippen molar-refractivity contribution in [1.82, 2.24) is 5.32 Å². The van der Waals surface area contributed by atoms with E-state index in [1.165, 1.54) is 109 Å². The number of carbonyl (C=O) groups is 1. The van der Waals surface area contributed by atoms with Gasteiger partial charge in [-0.2, -0.15) is 0 Å². The SMILES string of the molecule is CCCCCCCCCCCCCCCCCCNC(=S)/N=C\C(C(=O)Nc1ccccc1C)=C(/C)O. The maximum atomic E-state index is 12.6. The fourth-order valence-corrected chi connectivity index (χ4v) is 4.41. The lowest BCUT2D eigenvalue weighted by atomic mass is 10.0. The van der Waals surface area contributed by atoms with E-state index in [2.05, 4.69) is 22.5 Å². The molecule has 0 spiro atoms. The lowest BCUT2D eigenvalue weighted by Gasteiger charge is -2.09. The number of carbonyl (C=O) groups excluding carboxylic acids is 1. The molecule has 1 rings (SSSR count). The van der Waals surface area contributed by atoms with Crippen LogP contribution in [-0.4, -0.2) is 28.9 Å². The monoisotopic (exact) mass is 529 g/mol. The molecule has 0 fully saturated rings. The number of anilines is 1. The molecule has 37 heavy (non-hydrogen) atoms. The van der Waals surface area contributed by atoms with E-state index in [4.69, 9.17) is 12.2 Å². The molecule has 5 nitrogen and oxygen atoms in total. The number of aliphatic hydroxyl groups excluding tert-OH is 1. The Labute approximate surface area is 231 Å². The molecule has 1 aromatic rings. The standard InChI is InChI=1S/C31H51N3O2S/c1-4-5-6-7-8-9-10-11-12-13-14-15-16-17-18-21-24-32-31(37)33-25-28(27(3)35)30(36)34-29-23-20-19-22-26(29)2/h19-20,22-23,25,35H,4-18,21,24H2,1-3H3,(H,32,37)(H,34,36)/b28-27-,33-25-. The molecule has 3 N–H and O–H groups in total. The number of nitrogens with one attached hydrogen (secondary N) is 2. The van der Waals surface area contributed by atoms with Crippen LogP contribution in [0.2, 0.25) is 0 Å². The molecule has 208 valence electrons. The molecule has 0 atom stereocenters. The highest BCUT2D eigenvalue weighted by atomic mass is 32.1. The van der Waals surface area contributed by atoms with Gasteiger partial charge >= 0.3 is 0 Å². The lowest BCUT2D eigenvalue weighted by molar-refractivity contribution is -0.112. The van der Waals surface area contributed by atoms with Crippen LogP contribution >= 0.6 is 12.2 Å². The van der Waals surface area contributed by atoms with E-state index in [9.17, 15) is 9.90 Å². The number of aryl methyl sites for hydroxylation is 1. The van der Waals surface area contributed by atoms with Gasteiger partial charge in [0.25, 0.3) is 5.91 Å². The van der Waals surface area contributed by atoms with E-state index < -0.39 is 5.91 Å². The number of hydrogen-bond acceptors (Lipinski definition) is 3. The number of para-hydroxylation sites is 1. The van der Waals surface area contributed by atoms with E-state index in [0.717, 1.165) is 18.5 Å². The Morgan fingerprint density at radius 1 is 0.865 bits per heavy atom. The number of aliphatic hydroxyl groups is 1. The van der Waals surface area contributed by atoms with Crippen LogP contribution in [0.5, 0.6) is 0 Å². The summed E-state index contributed by atoms with van der Waals surface area (Å²) in [7, 11) is 0. The number of allylic oxidation sites excluding steroid dienone is 1. The minimum atomic E-state index is -0.418. The second-order valence-corrected chi connectivity index (χ2v) is 10.4. The summed E-state index contributed by atoms with van der Waals surface area (Å²) in [6.07, 6.45) is 22.9. The van der Waals surface area contributed by atoms with E-state index in [1.54, 1.807) is 0 Å². The van der Waals surface area contributed by atoms with Crippen LogP contribution < -0.4 is 10.6 Å². The van der Waals surface area contributed by atoms with Crippen LogP contribution in [0, 0.1) is 6.92 Å².